The minimum absolute atomic E-state index is 0.271. The van der Waals surface area contributed by atoms with E-state index in [2.05, 4.69) is 6.58 Å². The van der Waals surface area contributed by atoms with Crippen molar-refractivity contribution in [1.82, 2.24) is 0 Å². The highest BCUT2D eigenvalue weighted by Gasteiger charge is 2.16. The summed E-state index contributed by atoms with van der Waals surface area (Å²) in [6.45, 7) is 5.76. The molecule has 0 atom stereocenters. The second-order valence-corrected chi connectivity index (χ2v) is 7.18. The van der Waals surface area contributed by atoms with Gasteiger partial charge in [-0.05, 0) is 37.8 Å². The second-order valence-electron chi connectivity index (χ2n) is 5.59. The molecule has 0 amide bonds. The van der Waals surface area contributed by atoms with Crippen molar-refractivity contribution in [1.29, 1.82) is 0 Å². The van der Waals surface area contributed by atoms with Crippen LogP contribution in [0, 0.1) is 6.92 Å². The maximum atomic E-state index is 12.1. The van der Waals surface area contributed by atoms with Crippen molar-refractivity contribution >= 4 is 10.1 Å². The lowest BCUT2D eigenvalue weighted by molar-refractivity contribution is 0.306. The van der Waals surface area contributed by atoms with Crippen LogP contribution in [0.2, 0.25) is 0 Å². The van der Waals surface area contributed by atoms with Gasteiger partial charge in [-0.1, -0.05) is 56.4 Å². The quantitative estimate of drug-likeness (QED) is 0.308. The minimum atomic E-state index is -3.61. The number of allylic oxidation sites excluding steroid dienone is 1. The predicted molar refractivity (Wildman–Crippen MR) is 91.4 cm³/mol. The Kier molecular flexibility index (Phi) is 9.09. The first-order valence-corrected chi connectivity index (χ1v) is 9.54. The van der Waals surface area contributed by atoms with Crippen LogP contribution in [-0.4, -0.2) is 15.0 Å². The number of benzene rings is 1. The molecular weight excluding hydrogens is 296 g/mol. The van der Waals surface area contributed by atoms with Crippen molar-refractivity contribution in [2.45, 2.75) is 63.2 Å². The maximum Gasteiger partial charge on any atom is 0.297 e. The van der Waals surface area contributed by atoms with E-state index in [0.29, 0.717) is 0 Å². The Balaban J connectivity index is 2.14. The summed E-state index contributed by atoms with van der Waals surface area (Å²) >= 11 is 0. The molecule has 0 bridgehead atoms. The summed E-state index contributed by atoms with van der Waals surface area (Å²) in [5.74, 6) is 0. The van der Waals surface area contributed by atoms with Gasteiger partial charge >= 0.3 is 0 Å². The molecule has 0 heterocycles. The topological polar surface area (TPSA) is 43.4 Å². The lowest BCUT2D eigenvalue weighted by atomic mass is 10.1. The molecule has 0 aliphatic carbocycles. The first kappa shape index (κ1) is 18.9. The Labute approximate surface area is 135 Å². The molecule has 0 radical (unpaired) electrons. The van der Waals surface area contributed by atoms with E-state index >= 15 is 0 Å². The Morgan fingerprint density at radius 1 is 1.00 bits per heavy atom. The molecule has 0 spiro atoms. The fraction of sp³-hybridized carbons (Fsp3) is 0.556. The number of hydrogen-bond donors (Lipinski definition) is 0. The molecule has 0 aliphatic heterocycles. The third kappa shape index (κ3) is 7.23. The molecule has 4 heteroatoms. The normalized spacial score (nSPS) is 11.5. The molecule has 0 fully saturated rings. The molecular formula is C18H28O3S. The molecule has 1 aromatic carbocycles. The zero-order valence-electron chi connectivity index (χ0n) is 13.6. The number of unbranched alkanes of at least 4 members (excludes halogenated alkanes) is 7. The average molecular weight is 324 g/mol. The number of aryl methyl sites for hydroxylation is 1. The van der Waals surface area contributed by atoms with E-state index in [1.807, 2.05) is 12.1 Å². The monoisotopic (exact) mass is 324 g/mol. The SMILES string of the molecule is C=CCCCCCCCCCOS(=O)(=O)c1ccccc1C. The molecule has 124 valence electrons. The summed E-state index contributed by atoms with van der Waals surface area (Å²) < 4.78 is 29.2. The van der Waals surface area contributed by atoms with Crippen LogP contribution in [0.3, 0.4) is 0 Å². The van der Waals surface area contributed by atoms with Crippen LogP contribution in [0.5, 0.6) is 0 Å². The molecule has 0 unspecified atom stereocenters. The van der Waals surface area contributed by atoms with Gasteiger partial charge in [0, 0.05) is 0 Å². The highest BCUT2D eigenvalue weighted by Crippen LogP contribution is 2.17. The van der Waals surface area contributed by atoms with E-state index in [1.54, 1.807) is 25.1 Å². The van der Waals surface area contributed by atoms with E-state index in [9.17, 15) is 8.42 Å². The van der Waals surface area contributed by atoms with Crippen molar-refractivity contribution in [3.63, 3.8) is 0 Å². The molecule has 0 saturated heterocycles. The summed E-state index contributed by atoms with van der Waals surface area (Å²) in [6.07, 6.45) is 10.9. The van der Waals surface area contributed by atoms with Crippen molar-refractivity contribution in [2.75, 3.05) is 6.61 Å². The predicted octanol–water partition coefficient (Wildman–Crippen LogP) is 5.01. The average Bonchev–Trinajstić information content (AvgIpc) is 2.49. The molecule has 0 aromatic heterocycles. The molecule has 1 rings (SSSR count). The summed E-state index contributed by atoms with van der Waals surface area (Å²) in [5.41, 5.74) is 0.724. The molecule has 1 aromatic rings. The fourth-order valence-electron chi connectivity index (χ4n) is 2.34. The minimum Gasteiger partial charge on any atom is -0.266 e. The van der Waals surface area contributed by atoms with Crippen molar-refractivity contribution < 1.29 is 12.6 Å². The van der Waals surface area contributed by atoms with E-state index in [-0.39, 0.29) is 11.5 Å². The van der Waals surface area contributed by atoms with Crippen LogP contribution in [0.25, 0.3) is 0 Å². The highest BCUT2D eigenvalue weighted by molar-refractivity contribution is 7.86. The first-order valence-electron chi connectivity index (χ1n) is 8.14. The Bertz CT molecular complexity index is 535. The zero-order valence-corrected chi connectivity index (χ0v) is 14.4. The maximum absolute atomic E-state index is 12.1. The van der Waals surface area contributed by atoms with Crippen LogP contribution in [0.15, 0.2) is 41.8 Å². The van der Waals surface area contributed by atoms with Crippen molar-refractivity contribution in [2.24, 2.45) is 0 Å². The van der Waals surface area contributed by atoms with Crippen LogP contribution in [0.1, 0.15) is 56.9 Å². The molecule has 22 heavy (non-hydrogen) atoms. The summed E-state index contributed by atoms with van der Waals surface area (Å²) in [6, 6.07) is 6.91. The lowest BCUT2D eigenvalue weighted by Crippen LogP contribution is -2.09. The van der Waals surface area contributed by atoms with Crippen molar-refractivity contribution in [3.8, 4) is 0 Å². The van der Waals surface area contributed by atoms with Gasteiger partial charge in [0.1, 0.15) is 0 Å². The van der Waals surface area contributed by atoms with Crippen LogP contribution >= 0.6 is 0 Å². The van der Waals surface area contributed by atoms with Gasteiger partial charge < -0.3 is 0 Å². The first-order chi connectivity index (χ1) is 10.6. The van der Waals surface area contributed by atoms with Gasteiger partial charge in [0.05, 0.1) is 11.5 Å². The highest BCUT2D eigenvalue weighted by atomic mass is 32.2. The number of hydrogen-bond acceptors (Lipinski definition) is 3. The third-order valence-corrected chi connectivity index (χ3v) is 5.13. The van der Waals surface area contributed by atoms with E-state index in [0.717, 1.165) is 31.2 Å². The largest absolute Gasteiger partial charge is 0.297 e. The molecule has 0 aliphatic rings. The number of rotatable bonds is 12. The lowest BCUT2D eigenvalue weighted by Gasteiger charge is -2.08. The standard InChI is InChI=1S/C18H28O3S/c1-3-4-5-6-7-8-9-10-13-16-21-22(19,20)18-15-12-11-14-17(18)2/h3,11-12,14-15H,1,4-10,13,16H2,2H3. The van der Waals surface area contributed by atoms with Gasteiger partial charge in [-0.25, -0.2) is 0 Å². The van der Waals surface area contributed by atoms with Gasteiger partial charge in [0.15, 0.2) is 0 Å². The molecule has 3 nitrogen and oxygen atoms in total. The van der Waals surface area contributed by atoms with Crippen molar-refractivity contribution in [3.05, 3.63) is 42.5 Å². The van der Waals surface area contributed by atoms with Gasteiger partial charge in [0.25, 0.3) is 10.1 Å². The van der Waals surface area contributed by atoms with Gasteiger partial charge in [0.2, 0.25) is 0 Å². The van der Waals surface area contributed by atoms with Crippen LogP contribution < -0.4 is 0 Å². The smallest absolute Gasteiger partial charge is 0.266 e. The molecule has 0 N–H and O–H groups in total. The van der Waals surface area contributed by atoms with E-state index in [1.165, 1.54) is 25.7 Å². The van der Waals surface area contributed by atoms with Gasteiger partial charge in [-0.3, -0.25) is 4.18 Å². The van der Waals surface area contributed by atoms with Gasteiger partial charge in [-0.15, -0.1) is 6.58 Å². The summed E-state index contributed by atoms with van der Waals surface area (Å²) in [4.78, 5) is 0.275. The Hall–Kier alpha value is -1.13. The molecule has 0 saturated carbocycles. The van der Waals surface area contributed by atoms with Crippen LogP contribution in [-0.2, 0) is 14.3 Å². The summed E-state index contributed by atoms with van der Waals surface area (Å²) in [7, 11) is -3.61. The second kappa shape index (κ2) is 10.6. The third-order valence-electron chi connectivity index (χ3n) is 3.65. The van der Waals surface area contributed by atoms with E-state index in [4.69, 9.17) is 4.18 Å². The van der Waals surface area contributed by atoms with Crippen LogP contribution in [0.4, 0.5) is 0 Å². The fourth-order valence-corrected chi connectivity index (χ4v) is 3.52. The Morgan fingerprint density at radius 2 is 1.59 bits per heavy atom. The summed E-state index contributed by atoms with van der Waals surface area (Å²) in [5, 5.41) is 0. The Morgan fingerprint density at radius 3 is 2.23 bits per heavy atom. The van der Waals surface area contributed by atoms with Gasteiger partial charge in [-0.2, -0.15) is 8.42 Å². The van der Waals surface area contributed by atoms with E-state index < -0.39 is 10.1 Å². The zero-order chi connectivity index (χ0) is 16.3.